The molecule has 0 amide bonds. The number of ether oxygens (including phenoxy) is 2. The second-order valence-corrected chi connectivity index (χ2v) is 11.1. The van der Waals surface area contributed by atoms with E-state index in [9.17, 15) is 0 Å². The zero-order valence-electron chi connectivity index (χ0n) is 18.5. The van der Waals surface area contributed by atoms with Crippen LogP contribution < -0.4 is 0 Å². The van der Waals surface area contributed by atoms with Crippen molar-refractivity contribution in [1.29, 1.82) is 0 Å². The summed E-state index contributed by atoms with van der Waals surface area (Å²) in [5.74, 6) is 3.71. The summed E-state index contributed by atoms with van der Waals surface area (Å²) >= 11 is 0. The molecule has 0 N–H and O–H groups in total. The molecule has 8 unspecified atom stereocenters. The van der Waals surface area contributed by atoms with Crippen molar-refractivity contribution in [3.8, 4) is 0 Å². The molecule has 0 aromatic heterocycles. The number of nitrogens with zero attached hydrogens (tertiary/aromatic N) is 1. The first kappa shape index (κ1) is 20.2. The van der Waals surface area contributed by atoms with Gasteiger partial charge in [-0.3, -0.25) is 0 Å². The van der Waals surface area contributed by atoms with E-state index in [1.54, 1.807) is 0 Å². The molecule has 4 fully saturated rings. The SMILES string of the molecule is COC1CCC2C3CCC4CC(OCCN(C)C)CCC4(C)C3CCC12C. The molecular weight excluding hydrogens is 334 g/mol. The number of fused-ring (bicyclic) bond motifs is 5. The van der Waals surface area contributed by atoms with Crippen molar-refractivity contribution >= 4 is 0 Å². The van der Waals surface area contributed by atoms with Crippen LogP contribution in [0.15, 0.2) is 0 Å². The zero-order valence-corrected chi connectivity index (χ0v) is 18.5. The quantitative estimate of drug-likeness (QED) is 0.673. The van der Waals surface area contributed by atoms with E-state index >= 15 is 0 Å². The predicted octanol–water partition coefficient (Wildman–Crippen LogP) is 4.99. The van der Waals surface area contributed by atoms with Crippen LogP contribution in [0.5, 0.6) is 0 Å². The molecule has 0 saturated heterocycles. The van der Waals surface area contributed by atoms with Gasteiger partial charge in [-0.2, -0.15) is 0 Å². The van der Waals surface area contributed by atoms with E-state index in [1.165, 1.54) is 57.8 Å². The molecule has 0 radical (unpaired) electrons. The minimum atomic E-state index is 0.450. The summed E-state index contributed by atoms with van der Waals surface area (Å²) in [6.07, 6.45) is 13.5. The summed E-state index contributed by atoms with van der Waals surface area (Å²) in [6.45, 7) is 7.16. The summed E-state index contributed by atoms with van der Waals surface area (Å²) in [6, 6.07) is 0. The number of hydrogen-bond acceptors (Lipinski definition) is 3. The topological polar surface area (TPSA) is 21.7 Å². The summed E-state index contributed by atoms with van der Waals surface area (Å²) in [7, 11) is 6.22. The highest BCUT2D eigenvalue weighted by molar-refractivity contribution is 5.09. The van der Waals surface area contributed by atoms with Gasteiger partial charge in [-0.25, -0.2) is 0 Å². The maximum atomic E-state index is 6.28. The molecule has 156 valence electrons. The fourth-order valence-electron chi connectivity index (χ4n) is 8.11. The van der Waals surface area contributed by atoms with E-state index < -0.39 is 0 Å². The van der Waals surface area contributed by atoms with Gasteiger partial charge in [-0.15, -0.1) is 0 Å². The normalized spacial score (nSPS) is 49.6. The first-order valence-corrected chi connectivity index (χ1v) is 11.7. The highest BCUT2D eigenvalue weighted by Crippen LogP contribution is 2.66. The molecule has 8 atom stereocenters. The third-order valence-corrected chi connectivity index (χ3v) is 9.71. The summed E-state index contributed by atoms with van der Waals surface area (Å²) in [4.78, 5) is 2.23. The van der Waals surface area contributed by atoms with Crippen LogP contribution in [0.2, 0.25) is 0 Å². The number of hydrogen-bond donors (Lipinski definition) is 0. The van der Waals surface area contributed by atoms with Crippen molar-refractivity contribution in [2.24, 2.45) is 34.5 Å². The Balaban J connectivity index is 1.42. The van der Waals surface area contributed by atoms with Crippen LogP contribution in [0.3, 0.4) is 0 Å². The molecule has 27 heavy (non-hydrogen) atoms. The predicted molar refractivity (Wildman–Crippen MR) is 111 cm³/mol. The lowest BCUT2D eigenvalue weighted by molar-refractivity contribution is -0.143. The van der Waals surface area contributed by atoms with Gasteiger partial charge in [0.05, 0.1) is 18.8 Å². The first-order chi connectivity index (χ1) is 12.9. The number of rotatable bonds is 5. The van der Waals surface area contributed by atoms with Crippen LogP contribution in [0.25, 0.3) is 0 Å². The minimum Gasteiger partial charge on any atom is -0.381 e. The lowest BCUT2D eigenvalue weighted by atomic mass is 9.45. The Labute approximate surface area is 167 Å². The van der Waals surface area contributed by atoms with Crippen LogP contribution in [-0.2, 0) is 9.47 Å². The van der Waals surface area contributed by atoms with Crippen LogP contribution >= 0.6 is 0 Å². The first-order valence-electron chi connectivity index (χ1n) is 11.7. The molecule has 0 aliphatic heterocycles. The van der Waals surface area contributed by atoms with Crippen LogP contribution in [-0.4, -0.2) is 51.5 Å². The van der Waals surface area contributed by atoms with Gasteiger partial charge in [-0.05, 0) is 106 Å². The highest BCUT2D eigenvalue weighted by atomic mass is 16.5. The summed E-state index contributed by atoms with van der Waals surface area (Å²) in [5, 5.41) is 0. The standard InChI is InChI=1S/C24H43NO2/c1-23-12-10-18(27-15-14-25(3)4)16-17(23)6-7-19-20-8-9-22(26-5)24(20,2)13-11-21(19)23/h17-22H,6-16H2,1-5H3. The third-order valence-electron chi connectivity index (χ3n) is 9.71. The zero-order chi connectivity index (χ0) is 19.2. The van der Waals surface area contributed by atoms with Gasteiger partial charge >= 0.3 is 0 Å². The van der Waals surface area contributed by atoms with Crippen molar-refractivity contribution < 1.29 is 9.47 Å². The van der Waals surface area contributed by atoms with Crippen LogP contribution in [0.4, 0.5) is 0 Å². The van der Waals surface area contributed by atoms with Crippen molar-refractivity contribution in [1.82, 2.24) is 4.90 Å². The number of likely N-dealkylation sites (N-methyl/N-ethyl adjacent to an activating group) is 1. The third kappa shape index (κ3) is 3.40. The van der Waals surface area contributed by atoms with E-state index in [0.29, 0.717) is 23.0 Å². The fourth-order valence-corrected chi connectivity index (χ4v) is 8.11. The van der Waals surface area contributed by atoms with Crippen molar-refractivity contribution in [3.63, 3.8) is 0 Å². The van der Waals surface area contributed by atoms with Gasteiger partial charge in [0.15, 0.2) is 0 Å². The second-order valence-electron chi connectivity index (χ2n) is 11.1. The Hall–Kier alpha value is -0.120. The maximum absolute atomic E-state index is 6.28. The molecule has 4 aliphatic carbocycles. The molecule has 4 saturated carbocycles. The van der Waals surface area contributed by atoms with E-state index in [2.05, 4.69) is 32.8 Å². The molecule has 0 aromatic rings. The molecule has 0 spiro atoms. The largest absolute Gasteiger partial charge is 0.381 e. The van der Waals surface area contributed by atoms with E-state index in [4.69, 9.17) is 9.47 Å². The van der Waals surface area contributed by atoms with E-state index in [-0.39, 0.29) is 0 Å². The maximum Gasteiger partial charge on any atom is 0.0627 e. The number of methoxy groups -OCH3 is 1. The van der Waals surface area contributed by atoms with E-state index in [1.807, 2.05) is 7.11 Å². The minimum absolute atomic E-state index is 0.450. The van der Waals surface area contributed by atoms with Crippen LogP contribution in [0, 0.1) is 34.5 Å². The molecular formula is C24H43NO2. The van der Waals surface area contributed by atoms with Gasteiger partial charge in [-0.1, -0.05) is 13.8 Å². The highest BCUT2D eigenvalue weighted by Gasteiger charge is 2.60. The van der Waals surface area contributed by atoms with Crippen molar-refractivity contribution in [2.45, 2.75) is 83.8 Å². The average molecular weight is 378 g/mol. The summed E-state index contributed by atoms with van der Waals surface area (Å²) < 4.78 is 12.2. The fraction of sp³-hybridized carbons (Fsp3) is 1.00. The molecule has 4 rings (SSSR count). The van der Waals surface area contributed by atoms with Crippen molar-refractivity contribution in [2.75, 3.05) is 34.4 Å². The smallest absolute Gasteiger partial charge is 0.0627 e. The van der Waals surface area contributed by atoms with Gasteiger partial charge in [0.1, 0.15) is 0 Å². The van der Waals surface area contributed by atoms with Gasteiger partial charge < -0.3 is 14.4 Å². The van der Waals surface area contributed by atoms with Gasteiger partial charge in [0, 0.05) is 13.7 Å². The van der Waals surface area contributed by atoms with E-state index in [0.717, 1.165) is 36.8 Å². The molecule has 0 bridgehead atoms. The Morgan fingerprint density at radius 2 is 1.63 bits per heavy atom. The Morgan fingerprint density at radius 1 is 0.889 bits per heavy atom. The monoisotopic (exact) mass is 377 g/mol. The molecule has 0 aromatic carbocycles. The molecule has 0 heterocycles. The Kier molecular flexibility index (Phi) is 5.68. The lowest BCUT2D eigenvalue weighted by Gasteiger charge is -2.61. The lowest BCUT2D eigenvalue weighted by Crippen LogP contribution is -2.54. The molecule has 4 aliphatic rings. The van der Waals surface area contributed by atoms with Gasteiger partial charge in [0.2, 0.25) is 0 Å². The average Bonchev–Trinajstić information content (AvgIpc) is 2.98. The van der Waals surface area contributed by atoms with Crippen LogP contribution in [0.1, 0.15) is 71.6 Å². The summed E-state index contributed by atoms with van der Waals surface area (Å²) in [5.41, 5.74) is 1.02. The van der Waals surface area contributed by atoms with Gasteiger partial charge in [0.25, 0.3) is 0 Å². The second kappa shape index (κ2) is 7.61. The molecule has 3 nitrogen and oxygen atoms in total. The van der Waals surface area contributed by atoms with Crippen molar-refractivity contribution in [3.05, 3.63) is 0 Å². The molecule has 3 heteroatoms. The Bertz CT molecular complexity index is 523. The Morgan fingerprint density at radius 3 is 2.37 bits per heavy atom.